The van der Waals surface area contributed by atoms with E-state index in [4.69, 9.17) is 0 Å². The van der Waals surface area contributed by atoms with Gasteiger partial charge in [0, 0.05) is 24.7 Å². The van der Waals surface area contributed by atoms with Gasteiger partial charge in [-0.3, -0.25) is 14.5 Å². The first-order valence-electron chi connectivity index (χ1n) is 8.20. The van der Waals surface area contributed by atoms with Crippen LogP contribution in [0.15, 0.2) is 34.2 Å². The molecule has 1 atom stereocenters. The monoisotopic (exact) mass is 350 g/mol. The fraction of sp³-hybridized carbons (Fsp3) is 0.500. The standard InChI is InChI=1S/C16H22N4O3S/c1-2-9-20(12-7-8-17-10-12)15(21)11-18-16-13-5-3-4-6-14(13)24(22,23)19-16/h3-6,12,17H,2,7-11H2,1H3,(H,18,19). The highest BCUT2D eigenvalue weighted by Gasteiger charge is 2.31. The third-order valence-electron chi connectivity index (χ3n) is 4.30. The van der Waals surface area contributed by atoms with Crippen LogP contribution >= 0.6 is 0 Å². The first-order chi connectivity index (χ1) is 11.5. The van der Waals surface area contributed by atoms with Crippen molar-refractivity contribution in [3.63, 3.8) is 0 Å². The van der Waals surface area contributed by atoms with Gasteiger partial charge >= 0.3 is 0 Å². The second kappa shape index (κ2) is 6.90. The summed E-state index contributed by atoms with van der Waals surface area (Å²) < 4.78 is 26.5. The van der Waals surface area contributed by atoms with Crippen LogP contribution < -0.4 is 10.0 Å². The van der Waals surface area contributed by atoms with E-state index >= 15 is 0 Å². The smallest absolute Gasteiger partial charge is 0.263 e. The maximum Gasteiger partial charge on any atom is 0.263 e. The summed E-state index contributed by atoms with van der Waals surface area (Å²) in [5, 5.41) is 3.27. The average molecular weight is 350 g/mol. The van der Waals surface area contributed by atoms with Crippen LogP contribution in [0.25, 0.3) is 0 Å². The summed E-state index contributed by atoms with van der Waals surface area (Å²) in [6.07, 6.45) is 1.83. The molecule has 1 unspecified atom stereocenters. The Labute approximate surface area is 142 Å². The Hall–Kier alpha value is -1.93. The zero-order chi connectivity index (χ0) is 17.2. The van der Waals surface area contributed by atoms with Crippen LogP contribution in [0, 0.1) is 0 Å². The second-order valence-electron chi connectivity index (χ2n) is 6.00. The fourth-order valence-corrected chi connectivity index (χ4v) is 4.40. The summed E-state index contributed by atoms with van der Waals surface area (Å²) in [6, 6.07) is 6.86. The highest BCUT2D eigenvalue weighted by molar-refractivity contribution is 7.90. The largest absolute Gasteiger partial charge is 0.337 e. The van der Waals surface area contributed by atoms with Crippen LogP contribution in [0.1, 0.15) is 25.3 Å². The molecule has 3 rings (SSSR count). The van der Waals surface area contributed by atoms with Crippen molar-refractivity contribution in [1.29, 1.82) is 0 Å². The number of amidine groups is 1. The van der Waals surface area contributed by atoms with Gasteiger partial charge in [0.2, 0.25) is 5.91 Å². The molecule has 2 aliphatic heterocycles. The second-order valence-corrected chi connectivity index (χ2v) is 7.65. The molecule has 2 N–H and O–H groups in total. The summed E-state index contributed by atoms with van der Waals surface area (Å²) in [4.78, 5) is 18.9. The number of carbonyl (C=O) groups excluding carboxylic acids is 1. The minimum atomic E-state index is -3.56. The Kier molecular flexibility index (Phi) is 4.86. The highest BCUT2D eigenvalue weighted by atomic mass is 32.2. The molecule has 2 aliphatic rings. The lowest BCUT2D eigenvalue weighted by molar-refractivity contribution is -0.131. The van der Waals surface area contributed by atoms with E-state index in [1.54, 1.807) is 18.2 Å². The summed E-state index contributed by atoms with van der Waals surface area (Å²) in [5.41, 5.74) is 0.523. The normalized spacial score (nSPS) is 23.0. The minimum absolute atomic E-state index is 0.0529. The van der Waals surface area contributed by atoms with Gasteiger partial charge in [-0.1, -0.05) is 19.1 Å². The van der Waals surface area contributed by atoms with Crippen molar-refractivity contribution in [2.75, 3.05) is 26.2 Å². The quantitative estimate of drug-likeness (QED) is 0.800. The van der Waals surface area contributed by atoms with Crippen LogP contribution in [0.4, 0.5) is 0 Å². The van der Waals surface area contributed by atoms with E-state index < -0.39 is 10.0 Å². The predicted octanol–water partition coefficient (Wildman–Crippen LogP) is 0.326. The Morgan fingerprint density at radius 1 is 1.38 bits per heavy atom. The maximum absolute atomic E-state index is 12.6. The molecule has 1 amide bonds. The Morgan fingerprint density at radius 3 is 2.88 bits per heavy atom. The van der Waals surface area contributed by atoms with Gasteiger partial charge in [0.15, 0.2) is 0 Å². The maximum atomic E-state index is 12.6. The Morgan fingerprint density at radius 2 is 2.17 bits per heavy atom. The average Bonchev–Trinajstić information content (AvgIpc) is 3.18. The number of nitrogens with zero attached hydrogens (tertiary/aromatic N) is 2. The Bertz CT molecular complexity index is 754. The van der Waals surface area contributed by atoms with Gasteiger partial charge < -0.3 is 10.2 Å². The topological polar surface area (TPSA) is 90.9 Å². The van der Waals surface area contributed by atoms with Crippen molar-refractivity contribution in [1.82, 2.24) is 14.9 Å². The molecule has 1 saturated heterocycles. The lowest BCUT2D eigenvalue weighted by Gasteiger charge is -2.27. The summed E-state index contributed by atoms with van der Waals surface area (Å²) in [7, 11) is -3.56. The van der Waals surface area contributed by atoms with Crippen molar-refractivity contribution < 1.29 is 13.2 Å². The molecule has 8 heteroatoms. The number of rotatable bonds is 5. The van der Waals surface area contributed by atoms with Gasteiger partial charge in [0.25, 0.3) is 10.0 Å². The van der Waals surface area contributed by atoms with Gasteiger partial charge in [-0.05, 0) is 31.5 Å². The van der Waals surface area contributed by atoms with Crippen molar-refractivity contribution in [3.05, 3.63) is 29.8 Å². The van der Waals surface area contributed by atoms with Crippen molar-refractivity contribution in [3.8, 4) is 0 Å². The van der Waals surface area contributed by atoms with Gasteiger partial charge in [0.1, 0.15) is 12.4 Å². The van der Waals surface area contributed by atoms with E-state index in [2.05, 4.69) is 15.0 Å². The van der Waals surface area contributed by atoms with Gasteiger partial charge in [-0.2, -0.15) is 0 Å². The van der Waals surface area contributed by atoms with Crippen LogP contribution in [0.2, 0.25) is 0 Å². The van der Waals surface area contributed by atoms with E-state index in [0.29, 0.717) is 12.1 Å². The molecule has 1 aromatic rings. The number of nitrogens with one attached hydrogen (secondary N) is 2. The SMILES string of the molecule is CCCN(C(=O)CN=C1NS(=O)(=O)c2ccccc21)C1CCNC1. The third-order valence-corrected chi connectivity index (χ3v) is 5.69. The molecular weight excluding hydrogens is 328 g/mol. The van der Waals surface area contributed by atoms with E-state index in [1.807, 2.05) is 11.8 Å². The van der Waals surface area contributed by atoms with Gasteiger partial charge in [0.05, 0.1) is 4.90 Å². The van der Waals surface area contributed by atoms with E-state index in [9.17, 15) is 13.2 Å². The number of hydrogen-bond donors (Lipinski definition) is 2. The first-order valence-corrected chi connectivity index (χ1v) is 9.68. The molecular formula is C16H22N4O3S. The van der Waals surface area contributed by atoms with E-state index in [1.165, 1.54) is 6.07 Å². The highest BCUT2D eigenvalue weighted by Crippen LogP contribution is 2.22. The molecule has 7 nitrogen and oxygen atoms in total. The molecule has 24 heavy (non-hydrogen) atoms. The van der Waals surface area contributed by atoms with Gasteiger partial charge in [-0.25, -0.2) is 8.42 Å². The lowest BCUT2D eigenvalue weighted by Crippen LogP contribution is -2.43. The number of aliphatic imine (C=N–C) groups is 1. The third kappa shape index (κ3) is 3.29. The predicted molar refractivity (Wildman–Crippen MR) is 91.4 cm³/mol. The molecule has 1 fully saturated rings. The number of amides is 1. The molecule has 0 spiro atoms. The summed E-state index contributed by atoms with van der Waals surface area (Å²) >= 11 is 0. The molecule has 130 valence electrons. The van der Waals surface area contributed by atoms with Crippen LogP contribution in [-0.2, 0) is 14.8 Å². The molecule has 0 aromatic heterocycles. The first kappa shape index (κ1) is 16.9. The number of hydrogen-bond acceptors (Lipinski definition) is 5. The van der Waals surface area contributed by atoms with Crippen molar-refractivity contribution in [2.24, 2.45) is 4.99 Å². The van der Waals surface area contributed by atoms with E-state index in [0.717, 1.165) is 25.9 Å². The fourth-order valence-electron chi connectivity index (χ4n) is 3.15. The number of carbonyl (C=O) groups is 1. The van der Waals surface area contributed by atoms with Crippen LogP contribution in [-0.4, -0.2) is 57.3 Å². The number of fused-ring (bicyclic) bond motifs is 1. The van der Waals surface area contributed by atoms with Crippen LogP contribution in [0.5, 0.6) is 0 Å². The summed E-state index contributed by atoms with van der Waals surface area (Å²) in [5.74, 6) is 0.182. The molecule has 1 aromatic carbocycles. The Balaban J connectivity index is 1.76. The molecule has 0 bridgehead atoms. The number of benzene rings is 1. The molecule has 2 heterocycles. The minimum Gasteiger partial charge on any atom is -0.337 e. The molecule has 0 aliphatic carbocycles. The number of sulfonamides is 1. The van der Waals surface area contributed by atoms with Gasteiger partial charge in [-0.15, -0.1) is 0 Å². The lowest BCUT2D eigenvalue weighted by atomic mass is 10.2. The van der Waals surface area contributed by atoms with Crippen molar-refractivity contribution >= 4 is 21.8 Å². The zero-order valence-corrected chi connectivity index (χ0v) is 14.5. The molecule has 0 saturated carbocycles. The molecule has 0 radical (unpaired) electrons. The van der Waals surface area contributed by atoms with Crippen LogP contribution in [0.3, 0.4) is 0 Å². The summed E-state index contributed by atoms with van der Waals surface area (Å²) in [6.45, 7) is 4.40. The zero-order valence-electron chi connectivity index (χ0n) is 13.7. The van der Waals surface area contributed by atoms with E-state index in [-0.39, 0.29) is 29.2 Å². The van der Waals surface area contributed by atoms with Crippen molar-refractivity contribution in [2.45, 2.75) is 30.7 Å².